The Hall–Kier alpha value is -2.46. The van der Waals surface area contributed by atoms with Gasteiger partial charge in [0.1, 0.15) is 5.56 Å². The minimum absolute atomic E-state index is 0.0643. The molecule has 0 saturated carbocycles. The fraction of sp³-hybridized carbons (Fsp3) is 0.538. The van der Waals surface area contributed by atoms with Crippen LogP contribution >= 0.6 is 0 Å². The molecule has 0 radical (unpaired) electrons. The Kier molecular flexibility index (Phi) is 9.34. The Morgan fingerprint density at radius 3 is 2.17 bits per heavy atom. The summed E-state index contributed by atoms with van der Waals surface area (Å²) >= 11 is 0. The highest BCUT2D eigenvalue weighted by atomic mass is 32.2. The van der Waals surface area contributed by atoms with Crippen molar-refractivity contribution in [1.29, 1.82) is 0 Å². The van der Waals surface area contributed by atoms with Gasteiger partial charge in [-0.15, -0.1) is 0 Å². The highest BCUT2D eigenvalue weighted by Gasteiger charge is 2.30. The van der Waals surface area contributed by atoms with Crippen LogP contribution in [0.5, 0.6) is 5.88 Å². The number of carbonyl (C=O) groups excluding carboxylic acids is 1. The van der Waals surface area contributed by atoms with Gasteiger partial charge in [0.05, 0.1) is 16.3 Å². The number of hydrogen-bond donors (Lipinski definition) is 0. The second kappa shape index (κ2) is 11.3. The zero-order valence-corrected chi connectivity index (χ0v) is 24.4. The van der Waals surface area contributed by atoms with Crippen molar-refractivity contribution < 1.29 is 25.8 Å². The van der Waals surface area contributed by atoms with Crippen molar-refractivity contribution in [2.75, 3.05) is 12.0 Å². The molecule has 0 bridgehead atoms. The molecule has 1 heterocycles. The normalized spacial score (nSPS) is 12.2. The zero-order valence-electron chi connectivity index (χ0n) is 22.7. The quantitative estimate of drug-likeness (QED) is 0.288. The van der Waals surface area contributed by atoms with Gasteiger partial charge < -0.3 is 4.18 Å². The number of hydrogen-bond acceptors (Lipinski definition) is 7. The molecule has 0 fully saturated rings. The van der Waals surface area contributed by atoms with Crippen molar-refractivity contribution in [2.24, 2.45) is 5.92 Å². The van der Waals surface area contributed by atoms with Crippen LogP contribution in [0.15, 0.2) is 22.6 Å². The zero-order chi connectivity index (χ0) is 27.6. The van der Waals surface area contributed by atoms with E-state index in [2.05, 4.69) is 5.10 Å². The first-order valence-corrected chi connectivity index (χ1v) is 15.5. The van der Waals surface area contributed by atoms with Crippen molar-refractivity contribution in [1.82, 2.24) is 9.78 Å². The van der Waals surface area contributed by atoms with Crippen molar-refractivity contribution >= 4 is 31.3 Å². The van der Waals surface area contributed by atoms with Gasteiger partial charge in [0.25, 0.3) is 0 Å². The molecule has 0 amide bonds. The molecule has 10 heteroatoms. The van der Waals surface area contributed by atoms with E-state index in [-0.39, 0.29) is 33.6 Å². The fourth-order valence-electron chi connectivity index (χ4n) is 4.02. The maximum absolute atomic E-state index is 13.9. The SMILES string of the molecule is CCCCn1nc(C)c(C(=O)c2ccc(S(C)(=O)=O)c(C(C)=C(C)C)c2C)c1OS(=O)(=O)CC(C)C. The van der Waals surface area contributed by atoms with E-state index in [1.807, 2.05) is 27.7 Å². The minimum atomic E-state index is -3.98. The summed E-state index contributed by atoms with van der Waals surface area (Å²) in [6.45, 7) is 14.9. The van der Waals surface area contributed by atoms with Gasteiger partial charge in [0.2, 0.25) is 11.7 Å². The number of ketones is 1. The standard InChI is InChI=1S/C26H38N2O6S2/c1-10-11-14-28-26(34-36(32,33)15-16(2)3)24(20(8)27-28)25(29)21-12-13-22(35(9,30)31)23(19(21)7)18(6)17(4)5/h12-13,16H,10-11,14-15H2,1-9H3. The lowest BCUT2D eigenvalue weighted by Crippen LogP contribution is -2.21. The fourth-order valence-corrected chi connectivity index (χ4v) is 6.31. The summed E-state index contributed by atoms with van der Waals surface area (Å²) < 4.78 is 57.5. The van der Waals surface area contributed by atoms with Crippen LogP contribution in [-0.2, 0) is 26.5 Å². The number of unbranched alkanes of at least 4 members (excludes halogenated alkanes) is 1. The molecule has 2 rings (SSSR count). The Bertz CT molecular complexity index is 1390. The molecule has 8 nitrogen and oxygen atoms in total. The monoisotopic (exact) mass is 538 g/mol. The van der Waals surface area contributed by atoms with Gasteiger partial charge in [-0.25, -0.2) is 13.1 Å². The average molecular weight is 539 g/mol. The molecule has 36 heavy (non-hydrogen) atoms. The number of rotatable bonds is 11. The second-order valence-corrected chi connectivity index (χ2v) is 13.5. The van der Waals surface area contributed by atoms with Gasteiger partial charge >= 0.3 is 10.1 Å². The lowest BCUT2D eigenvalue weighted by molar-refractivity contribution is 0.103. The molecule has 0 aliphatic heterocycles. The van der Waals surface area contributed by atoms with Crippen molar-refractivity contribution in [3.05, 3.63) is 45.7 Å². The molecule has 0 spiro atoms. The van der Waals surface area contributed by atoms with Crippen LogP contribution in [0.25, 0.3) is 5.57 Å². The molecule has 1 aromatic carbocycles. The largest absolute Gasteiger partial charge is 0.361 e. The summed E-state index contributed by atoms with van der Waals surface area (Å²) in [5.41, 5.74) is 3.33. The van der Waals surface area contributed by atoms with Crippen LogP contribution in [-0.4, -0.2) is 44.4 Å². The smallest absolute Gasteiger partial charge is 0.310 e. The third-order valence-corrected chi connectivity index (χ3v) is 8.60. The van der Waals surface area contributed by atoms with Gasteiger partial charge in [-0.1, -0.05) is 32.8 Å². The number of allylic oxidation sites excluding steroid dienone is 2. The van der Waals surface area contributed by atoms with Crippen LogP contribution in [0.1, 0.15) is 87.1 Å². The highest BCUT2D eigenvalue weighted by molar-refractivity contribution is 7.90. The molecule has 0 unspecified atom stereocenters. The predicted octanol–water partition coefficient (Wildman–Crippen LogP) is 5.11. The number of nitrogens with zero attached hydrogens (tertiary/aromatic N) is 2. The number of carbonyl (C=O) groups is 1. The Balaban J connectivity index is 2.81. The van der Waals surface area contributed by atoms with Gasteiger partial charge in [-0.05, 0) is 75.8 Å². The summed E-state index contributed by atoms with van der Waals surface area (Å²) in [7, 11) is -7.54. The predicted molar refractivity (Wildman–Crippen MR) is 143 cm³/mol. The van der Waals surface area contributed by atoms with Crippen molar-refractivity contribution in [3.8, 4) is 5.88 Å². The van der Waals surface area contributed by atoms with E-state index in [1.165, 1.54) is 16.8 Å². The summed E-state index contributed by atoms with van der Waals surface area (Å²) in [4.78, 5) is 14.1. The lowest BCUT2D eigenvalue weighted by atomic mass is 9.91. The van der Waals surface area contributed by atoms with Crippen LogP contribution in [0, 0.1) is 19.8 Å². The first-order chi connectivity index (χ1) is 16.5. The van der Waals surface area contributed by atoms with E-state index in [4.69, 9.17) is 4.18 Å². The third kappa shape index (κ3) is 6.64. The van der Waals surface area contributed by atoms with E-state index in [0.29, 0.717) is 23.4 Å². The average Bonchev–Trinajstić information content (AvgIpc) is 3.03. The molecular weight excluding hydrogens is 500 g/mol. The van der Waals surface area contributed by atoms with E-state index < -0.39 is 25.7 Å². The molecule has 0 aliphatic carbocycles. The summed E-state index contributed by atoms with van der Waals surface area (Å²) in [5, 5.41) is 4.43. The number of benzene rings is 1. The molecular formula is C26H38N2O6S2. The summed E-state index contributed by atoms with van der Waals surface area (Å²) in [6.07, 6.45) is 2.71. The number of sulfone groups is 1. The molecule has 1 aromatic heterocycles. The van der Waals surface area contributed by atoms with Crippen LogP contribution in [0.3, 0.4) is 0 Å². The van der Waals surface area contributed by atoms with Gasteiger partial charge in [-0.2, -0.15) is 13.5 Å². The van der Waals surface area contributed by atoms with E-state index in [1.54, 1.807) is 27.7 Å². The second-order valence-electron chi connectivity index (χ2n) is 9.88. The first kappa shape index (κ1) is 29.8. The maximum atomic E-state index is 13.9. The molecule has 200 valence electrons. The Morgan fingerprint density at radius 1 is 1.06 bits per heavy atom. The van der Waals surface area contributed by atoms with Crippen molar-refractivity contribution in [2.45, 2.75) is 79.7 Å². The van der Waals surface area contributed by atoms with Gasteiger partial charge in [0, 0.05) is 18.4 Å². The van der Waals surface area contributed by atoms with Gasteiger partial charge in [-0.3, -0.25) is 4.79 Å². The maximum Gasteiger partial charge on any atom is 0.310 e. The Morgan fingerprint density at radius 2 is 1.67 bits per heavy atom. The molecule has 0 saturated heterocycles. The third-order valence-electron chi connectivity index (χ3n) is 5.97. The van der Waals surface area contributed by atoms with Crippen LogP contribution < -0.4 is 4.18 Å². The molecule has 0 aliphatic rings. The van der Waals surface area contributed by atoms with Gasteiger partial charge in [0.15, 0.2) is 9.84 Å². The molecule has 0 N–H and O–H groups in total. The highest BCUT2D eigenvalue weighted by Crippen LogP contribution is 2.34. The topological polar surface area (TPSA) is 112 Å². The van der Waals surface area contributed by atoms with E-state index in [0.717, 1.165) is 30.2 Å². The Labute approximate surface area is 215 Å². The molecule has 2 aromatic rings. The van der Waals surface area contributed by atoms with E-state index >= 15 is 0 Å². The summed E-state index contributed by atoms with van der Waals surface area (Å²) in [6, 6.07) is 2.91. The van der Waals surface area contributed by atoms with Crippen LogP contribution in [0.4, 0.5) is 0 Å². The van der Waals surface area contributed by atoms with Crippen LogP contribution in [0.2, 0.25) is 0 Å². The first-order valence-electron chi connectivity index (χ1n) is 12.0. The molecule has 0 atom stereocenters. The van der Waals surface area contributed by atoms with Crippen molar-refractivity contribution in [3.63, 3.8) is 0 Å². The lowest BCUT2D eigenvalue weighted by Gasteiger charge is -2.17. The summed E-state index contributed by atoms with van der Waals surface area (Å²) in [5.74, 6) is -0.934. The van der Waals surface area contributed by atoms with E-state index in [9.17, 15) is 21.6 Å². The number of aryl methyl sites for hydroxylation is 2. The minimum Gasteiger partial charge on any atom is -0.361 e. The number of aromatic nitrogens is 2.